The third-order valence-electron chi connectivity index (χ3n) is 12.2. The van der Waals surface area contributed by atoms with E-state index in [0.717, 1.165) is 61.2 Å². The predicted octanol–water partition coefficient (Wildman–Crippen LogP) is 11.8. The second kappa shape index (κ2) is 42.1. The van der Waals surface area contributed by atoms with Crippen LogP contribution in [0.4, 0.5) is 0 Å². The van der Waals surface area contributed by atoms with Crippen LogP contribution in [0.3, 0.4) is 0 Å². The van der Waals surface area contributed by atoms with E-state index in [0.29, 0.717) is 13.2 Å². The van der Waals surface area contributed by atoms with Crippen molar-refractivity contribution < 1.29 is 40.1 Å². The Morgan fingerprint density at radius 3 is 1.17 bits per heavy atom. The number of allylic oxidation sites excluding steroid dienone is 4. The Kier molecular flexibility index (Phi) is 43.0. The van der Waals surface area contributed by atoms with Crippen LogP contribution in [0.2, 0.25) is 0 Å². The zero-order valence-electron chi connectivity index (χ0n) is 41.2. The highest BCUT2D eigenvalue weighted by molar-refractivity contribution is 4.98. The van der Waals surface area contributed by atoms with Gasteiger partial charge in [0.1, 0.15) is 24.4 Å². The summed E-state index contributed by atoms with van der Waals surface area (Å²) in [7, 11) is 0. The van der Waals surface area contributed by atoms with Gasteiger partial charge in [0.05, 0.1) is 26.4 Å². The quantitative estimate of drug-likeness (QED) is 0.0264. The Labute approximate surface area is 372 Å². The van der Waals surface area contributed by atoms with Crippen molar-refractivity contribution in [3.63, 3.8) is 0 Å². The first-order valence-corrected chi connectivity index (χ1v) is 24.9. The lowest BCUT2D eigenvalue weighted by Gasteiger charge is -2.19. The van der Waals surface area contributed by atoms with Gasteiger partial charge in [-0.05, 0) is 101 Å². The van der Waals surface area contributed by atoms with Gasteiger partial charge in [-0.2, -0.15) is 0 Å². The van der Waals surface area contributed by atoms with Gasteiger partial charge in [0.15, 0.2) is 0 Å². The van der Waals surface area contributed by atoms with Gasteiger partial charge in [-0.25, -0.2) is 0 Å². The minimum absolute atomic E-state index is 0.0685. The van der Waals surface area contributed by atoms with E-state index in [2.05, 4.69) is 81.4 Å². The number of ether oxygens (including phenoxy) is 2. The molecule has 0 aliphatic heterocycles. The first-order valence-electron chi connectivity index (χ1n) is 24.9. The van der Waals surface area contributed by atoms with Gasteiger partial charge in [-0.3, -0.25) is 0 Å². The number of aliphatic hydroxyl groups is 6. The van der Waals surface area contributed by atoms with Gasteiger partial charge in [0, 0.05) is 13.2 Å². The Morgan fingerprint density at radius 1 is 0.433 bits per heavy atom. The highest BCUT2D eigenvalue weighted by Crippen LogP contribution is 2.24. The number of hydrogen-bond acceptors (Lipinski definition) is 8. The van der Waals surface area contributed by atoms with E-state index in [4.69, 9.17) is 24.8 Å². The molecule has 8 nitrogen and oxygen atoms in total. The maximum Gasteiger partial charge on any atom is 0.109 e. The average molecular weight is 857 g/mol. The first-order chi connectivity index (χ1) is 28.6. The van der Waals surface area contributed by atoms with Crippen molar-refractivity contribution in [3.8, 4) is 0 Å². The molecule has 0 aromatic rings. The van der Waals surface area contributed by atoms with Crippen LogP contribution in [0.25, 0.3) is 0 Å². The molecule has 0 heterocycles. The average Bonchev–Trinajstić information content (AvgIpc) is 3.19. The molecule has 0 fully saturated rings. The zero-order valence-corrected chi connectivity index (χ0v) is 41.2. The predicted molar refractivity (Wildman–Crippen MR) is 255 cm³/mol. The zero-order chi connectivity index (χ0) is 45.6. The molecule has 0 amide bonds. The normalized spacial score (nSPS) is 16.6. The van der Waals surface area contributed by atoms with Crippen molar-refractivity contribution in [1.82, 2.24) is 0 Å². The molecule has 8 atom stereocenters. The smallest absolute Gasteiger partial charge is 0.109 e. The third-order valence-corrected chi connectivity index (χ3v) is 12.2. The van der Waals surface area contributed by atoms with Crippen molar-refractivity contribution >= 4 is 0 Å². The Hall–Kier alpha value is -0.840. The van der Waals surface area contributed by atoms with Gasteiger partial charge < -0.3 is 40.1 Å². The fraction of sp³-hybridized carbons (Fsp3) is 0.923. The van der Waals surface area contributed by atoms with E-state index in [9.17, 15) is 15.3 Å². The lowest BCUT2D eigenvalue weighted by molar-refractivity contribution is -0.0797. The van der Waals surface area contributed by atoms with Gasteiger partial charge >= 0.3 is 0 Å². The number of rotatable bonds is 40. The lowest BCUT2D eigenvalue weighted by atomic mass is 9.91. The number of aliphatic hydroxyl groups excluding tert-OH is 6. The van der Waals surface area contributed by atoms with Crippen LogP contribution in [-0.4, -0.2) is 94.7 Å². The van der Waals surface area contributed by atoms with E-state index < -0.39 is 31.0 Å². The summed E-state index contributed by atoms with van der Waals surface area (Å²) in [4.78, 5) is 0. The molecule has 0 bridgehead atoms. The van der Waals surface area contributed by atoms with Crippen LogP contribution in [0.1, 0.15) is 210 Å². The van der Waals surface area contributed by atoms with Crippen molar-refractivity contribution in [1.29, 1.82) is 0 Å². The second-order valence-corrected chi connectivity index (χ2v) is 19.8. The maximum atomic E-state index is 9.49. The van der Waals surface area contributed by atoms with Crippen LogP contribution in [0, 0.1) is 35.5 Å². The number of unbranched alkanes of at least 4 members (excludes halogenated alkanes) is 2. The summed E-state index contributed by atoms with van der Waals surface area (Å²) in [5.41, 5.74) is 2.90. The summed E-state index contributed by atoms with van der Waals surface area (Å²) in [6.45, 7) is 23.3. The van der Waals surface area contributed by atoms with Crippen molar-refractivity contribution in [2.45, 2.75) is 235 Å². The Bertz CT molecular complexity index is 968. The maximum absolute atomic E-state index is 9.49. The first kappa shape index (κ1) is 61.2. The van der Waals surface area contributed by atoms with Crippen molar-refractivity contribution in [2.24, 2.45) is 35.5 Å². The van der Waals surface area contributed by atoms with Gasteiger partial charge in [0.2, 0.25) is 0 Å². The molecule has 0 aromatic heterocycles. The molecule has 0 aromatic carbocycles. The summed E-state index contributed by atoms with van der Waals surface area (Å²) < 4.78 is 10.8. The van der Waals surface area contributed by atoms with E-state index >= 15 is 0 Å². The van der Waals surface area contributed by atoms with Gasteiger partial charge in [-0.1, -0.05) is 169 Å². The fourth-order valence-electron chi connectivity index (χ4n) is 7.66. The lowest BCUT2D eigenvalue weighted by Crippen LogP contribution is -2.35. The summed E-state index contributed by atoms with van der Waals surface area (Å²) in [6.07, 6.45) is 28.5. The van der Waals surface area contributed by atoms with E-state index in [-0.39, 0.29) is 19.8 Å². The monoisotopic (exact) mass is 857 g/mol. The molecule has 0 spiro atoms. The highest BCUT2D eigenvalue weighted by Gasteiger charge is 2.18. The van der Waals surface area contributed by atoms with Gasteiger partial charge in [0.25, 0.3) is 0 Å². The molecule has 60 heavy (non-hydrogen) atoms. The molecule has 0 saturated heterocycles. The minimum Gasteiger partial charge on any atom is -0.394 e. The second-order valence-electron chi connectivity index (χ2n) is 19.8. The molecule has 6 N–H and O–H groups in total. The van der Waals surface area contributed by atoms with Gasteiger partial charge in [-0.15, -0.1) is 0 Å². The minimum atomic E-state index is -1.12. The fourth-order valence-corrected chi connectivity index (χ4v) is 7.66. The summed E-state index contributed by atoms with van der Waals surface area (Å²) in [5, 5.41) is 55.0. The topological polar surface area (TPSA) is 140 Å². The third kappa shape index (κ3) is 41.2. The van der Waals surface area contributed by atoms with Crippen LogP contribution in [-0.2, 0) is 9.47 Å². The van der Waals surface area contributed by atoms with Crippen molar-refractivity contribution in [3.05, 3.63) is 23.3 Å². The van der Waals surface area contributed by atoms with Crippen molar-refractivity contribution in [2.75, 3.05) is 39.6 Å². The molecular formula is C52H104O8. The molecule has 0 aliphatic rings. The molecule has 360 valence electrons. The molecular weight excluding hydrogens is 753 g/mol. The Morgan fingerprint density at radius 2 is 0.800 bits per heavy atom. The highest BCUT2D eigenvalue weighted by atomic mass is 16.5. The van der Waals surface area contributed by atoms with E-state index in [1.54, 1.807) is 0 Å². The SMILES string of the molecule is CC(=CCCCOC(CO)C(O)CO)CCCC(C)CCCC(C)CCCC(C)C.CC(=CCCCOCC(O)C(O)CO)CCCC(C)CCCC(C)CCCC(C)C. The molecule has 0 rings (SSSR count). The standard InChI is InChI=1S/2C26H52O4/c1-21(2)11-8-13-23(4)15-10-17-24(5)16-9-14-22(3)12-6-7-18-30-20-26(29)25(28)19-27;1-21(2)11-8-13-23(4)15-10-17-24(5)16-9-14-22(3)12-6-7-18-30-26(20-28)25(29)19-27/h2*12,21,23-29H,6-11,13-20H2,1-5H3. The largest absolute Gasteiger partial charge is 0.394 e. The molecule has 0 aliphatic carbocycles. The van der Waals surface area contributed by atoms with E-state index in [1.807, 2.05) is 0 Å². The Balaban J connectivity index is 0. The van der Waals surface area contributed by atoms with E-state index in [1.165, 1.54) is 127 Å². The molecule has 0 saturated carbocycles. The summed E-state index contributed by atoms with van der Waals surface area (Å²) in [5.74, 6) is 5.09. The number of hydrogen-bond donors (Lipinski definition) is 6. The van der Waals surface area contributed by atoms with Crippen LogP contribution >= 0.6 is 0 Å². The molecule has 0 radical (unpaired) electrons. The summed E-state index contributed by atoms with van der Waals surface area (Å²) >= 11 is 0. The van der Waals surface area contributed by atoms with Crippen LogP contribution < -0.4 is 0 Å². The van der Waals surface area contributed by atoms with Crippen LogP contribution in [0.5, 0.6) is 0 Å². The molecule has 8 unspecified atom stereocenters. The van der Waals surface area contributed by atoms with Crippen LogP contribution in [0.15, 0.2) is 23.3 Å². The summed E-state index contributed by atoms with van der Waals surface area (Å²) in [6, 6.07) is 0. The molecule has 8 heteroatoms.